The number of nitrogens with one attached hydrogen (secondary N) is 2. The van der Waals surface area contributed by atoms with E-state index in [4.69, 9.17) is 5.73 Å². The minimum absolute atomic E-state index is 0.154. The van der Waals surface area contributed by atoms with Crippen LogP contribution in [0.1, 0.15) is 26.2 Å². The van der Waals surface area contributed by atoms with Crippen LogP contribution in [0.25, 0.3) is 0 Å². The zero-order chi connectivity index (χ0) is 12.7. The number of imide groups is 1. The Bertz CT molecular complexity index is 270. The number of hydrogen-bond acceptors (Lipinski definition) is 4. The second-order valence-electron chi connectivity index (χ2n) is 4.44. The molecule has 1 fully saturated rings. The lowest BCUT2D eigenvalue weighted by atomic mass is 10.3. The summed E-state index contributed by atoms with van der Waals surface area (Å²) >= 11 is 0. The first kappa shape index (κ1) is 13.9. The molecule has 1 atom stereocenters. The van der Waals surface area contributed by atoms with Crippen LogP contribution in [0.4, 0.5) is 4.79 Å². The Hall–Kier alpha value is -1.14. The predicted molar refractivity (Wildman–Crippen MR) is 65.5 cm³/mol. The van der Waals surface area contributed by atoms with Crippen molar-refractivity contribution < 1.29 is 9.59 Å². The monoisotopic (exact) mass is 242 g/mol. The van der Waals surface area contributed by atoms with Gasteiger partial charge in [-0.3, -0.25) is 15.0 Å². The van der Waals surface area contributed by atoms with Crippen molar-refractivity contribution in [2.24, 2.45) is 5.73 Å². The van der Waals surface area contributed by atoms with Gasteiger partial charge in [-0.05, 0) is 12.8 Å². The Labute approximate surface area is 102 Å². The summed E-state index contributed by atoms with van der Waals surface area (Å²) in [5, 5.41) is 4.94. The topological polar surface area (TPSA) is 87.5 Å². The minimum Gasteiger partial charge on any atom is -0.338 e. The SMILES string of the molecule is CCCCNC(=O)NC(=O)CN1CCC(N)C1. The number of carbonyl (C=O) groups excluding carboxylic acids is 2. The number of hydrogen-bond donors (Lipinski definition) is 3. The van der Waals surface area contributed by atoms with E-state index >= 15 is 0 Å². The lowest BCUT2D eigenvalue weighted by Crippen LogP contribution is -2.44. The largest absolute Gasteiger partial charge is 0.338 e. The van der Waals surface area contributed by atoms with Crippen molar-refractivity contribution in [2.75, 3.05) is 26.2 Å². The molecule has 6 nitrogen and oxygen atoms in total. The maximum atomic E-state index is 11.5. The highest BCUT2D eigenvalue weighted by atomic mass is 16.2. The number of carbonyl (C=O) groups is 2. The van der Waals surface area contributed by atoms with E-state index in [2.05, 4.69) is 10.6 Å². The highest BCUT2D eigenvalue weighted by Gasteiger charge is 2.21. The standard InChI is InChI=1S/C11H22N4O2/c1-2-3-5-13-11(17)14-10(16)8-15-6-4-9(12)7-15/h9H,2-8,12H2,1H3,(H2,13,14,16,17). The molecule has 0 aliphatic carbocycles. The first-order chi connectivity index (χ1) is 8.11. The Morgan fingerprint density at radius 3 is 2.82 bits per heavy atom. The molecular weight excluding hydrogens is 220 g/mol. The van der Waals surface area contributed by atoms with Crippen molar-refractivity contribution in [1.29, 1.82) is 0 Å². The average molecular weight is 242 g/mol. The molecule has 0 aromatic carbocycles. The Kier molecular flexibility index (Phi) is 5.93. The predicted octanol–water partition coefficient (Wildman–Crippen LogP) is -0.355. The molecule has 1 heterocycles. The number of unbranched alkanes of at least 4 members (excludes halogenated alkanes) is 1. The normalized spacial score (nSPS) is 20.2. The van der Waals surface area contributed by atoms with Gasteiger partial charge in [0.1, 0.15) is 0 Å². The second-order valence-corrected chi connectivity index (χ2v) is 4.44. The molecule has 0 saturated carbocycles. The molecule has 1 unspecified atom stereocenters. The van der Waals surface area contributed by atoms with Crippen molar-refractivity contribution in [3.63, 3.8) is 0 Å². The average Bonchev–Trinajstić information content (AvgIpc) is 2.64. The van der Waals surface area contributed by atoms with Crippen molar-refractivity contribution in [3.8, 4) is 0 Å². The van der Waals surface area contributed by atoms with Crippen molar-refractivity contribution in [1.82, 2.24) is 15.5 Å². The van der Waals surface area contributed by atoms with E-state index in [1.165, 1.54) is 0 Å². The lowest BCUT2D eigenvalue weighted by Gasteiger charge is -2.14. The molecule has 1 rings (SSSR count). The first-order valence-electron chi connectivity index (χ1n) is 6.17. The van der Waals surface area contributed by atoms with Crippen LogP contribution in [-0.2, 0) is 4.79 Å². The zero-order valence-corrected chi connectivity index (χ0v) is 10.4. The van der Waals surface area contributed by atoms with Gasteiger partial charge < -0.3 is 11.1 Å². The summed E-state index contributed by atoms with van der Waals surface area (Å²) in [5.41, 5.74) is 5.73. The summed E-state index contributed by atoms with van der Waals surface area (Å²) in [7, 11) is 0. The minimum atomic E-state index is -0.410. The summed E-state index contributed by atoms with van der Waals surface area (Å²) in [6.45, 7) is 4.44. The summed E-state index contributed by atoms with van der Waals surface area (Å²) in [5.74, 6) is -0.270. The molecule has 1 saturated heterocycles. The van der Waals surface area contributed by atoms with E-state index in [-0.39, 0.29) is 18.5 Å². The smallest absolute Gasteiger partial charge is 0.321 e. The lowest BCUT2D eigenvalue weighted by molar-refractivity contribution is -0.120. The fourth-order valence-electron chi connectivity index (χ4n) is 1.80. The number of nitrogens with two attached hydrogens (primary N) is 1. The maximum absolute atomic E-state index is 11.5. The van der Waals surface area contributed by atoms with Crippen LogP contribution in [-0.4, -0.2) is 49.1 Å². The number of nitrogens with zero attached hydrogens (tertiary/aromatic N) is 1. The van der Waals surface area contributed by atoms with Gasteiger partial charge in [-0.1, -0.05) is 13.3 Å². The van der Waals surface area contributed by atoms with E-state index in [1.807, 2.05) is 11.8 Å². The maximum Gasteiger partial charge on any atom is 0.321 e. The third-order valence-corrected chi connectivity index (χ3v) is 2.74. The van der Waals surface area contributed by atoms with Crippen LogP contribution >= 0.6 is 0 Å². The molecule has 17 heavy (non-hydrogen) atoms. The molecule has 6 heteroatoms. The van der Waals surface area contributed by atoms with Crippen LogP contribution < -0.4 is 16.4 Å². The van der Waals surface area contributed by atoms with Crippen LogP contribution in [0, 0.1) is 0 Å². The summed E-state index contributed by atoms with van der Waals surface area (Å²) in [6, 6.07) is -0.256. The third-order valence-electron chi connectivity index (χ3n) is 2.74. The number of amides is 3. The summed E-state index contributed by atoms with van der Waals surface area (Å²) < 4.78 is 0. The van der Waals surface area contributed by atoms with Crippen LogP contribution in [0.15, 0.2) is 0 Å². The number of urea groups is 1. The highest BCUT2D eigenvalue weighted by Crippen LogP contribution is 2.05. The molecule has 0 radical (unpaired) electrons. The van der Waals surface area contributed by atoms with Crippen LogP contribution in [0.2, 0.25) is 0 Å². The Balaban J connectivity index is 2.13. The first-order valence-corrected chi connectivity index (χ1v) is 6.17. The van der Waals surface area contributed by atoms with Gasteiger partial charge in [-0.15, -0.1) is 0 Å². The van der Waals surface area contributed by atoms with E-state index in [1.54, 1.807) is 0 Å². The molecule has 0 aromatic rings. The zero-order valence-electron chi connectivity index (χ0n) is 10.4. The molecule has 98 valence electrons. The number of likely N-dealkylation sites (tertiary alicyclic amines) is 1. The summed E-state index contributed by atoms with van der Waals surface area (Å²) in [4.78, 5) is 24.7. The molecule has 4 N–H and O–H groups in total. The molecular formula is C11H22N4O2. The van der Waals surface area contributed by atoms with Crippen LogP contribution in [0.5, 0.6) is 0 Å². The van der Waals surface area contributed by atoms with Gasteiger partial charge >= 0.3 is 6.03 Å². The van der Waals surface area contributed by atoms with Gasteiger partial charge in [0.15, 0.2) is 0 Å². The molecule has 3 amide bonds. The summed E-state index contributed by atoms with van der Waals surface area (Å²) in [6.07, 6.45) is 2.85. The van der Waals surface area contributed by atoms with E-state index in [9.17, 15) is 9.59 Å². The van der Waals surface area contributed by atoms with Crippen molar-refractivity contribution in [2.45, 2.75) is 32.2 Å². The molecule has 0 bridgehead atoms. The fourth-order valence-corrected chi connectivity index (χ4v) is 1.80. The molecule has 0 aromatic heterocycles. The van der Waals surface area contributed by atoms with E-state index < -0.39 is 6.03 Å². The Morgan fingerprint density at radius 2 is 2.24 bits per heavy atom. The van der Waals surface area contributed by atoms with E-state index in [0.717, 1.165) is 32.4 Å². The van der Waals surface area contributed by atoms with Crippen molar-refractivity contribution >= 4 is 11.9 Å². The van der Waals surface area contributed by atoms with Crippen LogP contribution in [0.3, 0.4) is 0 Å². The van der Waals surface area contributed by atoms with Gasteiger partial charge in [0.05, 0.1) is 6.54 Å². The molecule has 1 aliphatic heterocycles. The molecule has 0 spiro atoms. The van der Waals surface area contributed by atoms with E-state index in [0.29, 0.717) is 6.54 Å². The molecule has 1 aliphatic rings. The highest BCUT2D eigenvalue weighted by molar-refractivity contribution is 5.95. The van der Waals surface area contributed by atoms with Gasteiger partial charge in [-0.2, -0.15) is 0 Å². The number of rotatable bonds is 5. The van der Waals surface area contributed by atoms with Crippen molar-refractivity contribution in [3.05, 3.63) is 0 Å². The van der Waals surface area contributed by atoms with Gasteiger partial charge in [-0.25, -0.2) is 4.79 Å². The third kappa shape index (κ3) is 5.65. The Morgan fingerprint density at radius 1 is 1.47 bits per heavy atom. The van der Waals surface area contributed by atoms with Gasteiger partial charge in [0, 0.05) is 25.7 Å². The van der Waals surface area contributed by atoms with Gasteiger partial charge in [0.25, 0.3) is 0 Å². The second kappa shape index (κ2) is 7.24. The quantitative estimate of drug-likeness (QED) is 0.575. The fraction of sp³-hybridized carbons (Fsp3) is 0.818. The van der Waals surface area contributed by atoms with Gasteiger partial charge in [0.2, 0.25) is 5.91 Å².